The van der Waals surface area contributed by atoms with Crippen LogP contribution in [0.3, 0.4) is 0 Å². The van der Waals surface area contributed by atoms with Gasteiger partial charge in [0.25, 0.3) is 0 Å². The molecule has 0 atom stereocenters. The fourth-order valence-corrected chi connectivity index (χ4v) is 4.81. The second-order valence-corrected chi connectivity index (χ2v) is 8.16. The molecule has 110 valence electrons. The molecule has 1 aliphatic heterocycles. The minimum Gasteiger partial charge on any atom is -0.276 e. The van der Waals surface area contributed by atoms with E-state index in [9.17, 15) is 0 Å². The van der Waals surface area contributed by atoms with Crippen LogP contribution in [-0.4, -0.2) is 20.5 Å². The van der Waals surface area contributed by atoms with Crippen molar-refractivity contribution in [3.8, 4) is 5.00 Å². The zero-order valence-electron chi connectivity index (χ0n) is 10.9. The highest BCUT2D eigenvalue weighted by Crippen LogP contribution is 2.37. The Morgan fingerprint density at radius 1 is 1.14 bits per heavy atom. The van der Waals surface area contributed by atoms with Crippen molar-refractivity contribution >= 4 is 60.5 Å². The van der Waals surface area contributed by atoms with E-state index >= 15 is 0 Å². The van der Waals surface area contributed by atoms with Gasteiger partial charge in [0.2, 0.25) is 4.73 Å². The summed E-state index contributed by atoms with van der Waals surface area (Å²) in [6.45, 7) is 0.457. The molecule has 1 aromatic carbocycles. The monoisotopic (exact) mass is 456 g/mol. The van der Waals surface area contributed by atoms with E-state index in [4.69, 9.17) is 16.6 Å². The summed E-state index contributed by atoms with van der Waals surface area (Å²) in [6.07, 6.45) is 0. The van der Waals surface area contributed by atoms with E-state index in [1.54, 1.807) is 11.3 Å². The lowest BCUT2D eigenvalue weighted by atomic mass is 10.0. The van der Waals surface area contributed by atoms with Crippen LogP contribution in [0.5, 0.6) is 0 Å². The molecule has 0 spiro atoms. The first-order valence-corrected chi connectivity index (χ1v) is 9.12. The summed E-state index contributed by atoms with van der Waals surface area (Å²) < 4.78 is 3.68. The Hall–Kier alpha value is -1.02. The van der Waals surface area contributed by atoms with Gasteiger partial charge in [-0.1, -0.05) is 29.8 Å². The molecule has 2 aromatic heterocycles. The summed E-state index contributed by atoms with van der Waals surface area (Å²) >= 11 is 15.0. The number of hydrogen-bond acceptors (Lipinski definition) is 4. The van der Waals surface area contributed by atoms with Gasteiger partial charge in [-0.25, -0.2) is 0 Å². The molecule has 3 aromatic rings. The Balaban J connectivity index is 2.00. The van der Waals surface area contributed by atoms with Crippen LogP contribution in [0.15, 0.2) is 43.8 Å². The van der Waals surface area contributed by atoms with Crippen molar-refractivity contribution in [1.82, 2.24) is 14.8 Å². The molecule has 1 aliphatic rings. The van der Waals surface area contributed by atoms with E-state index in [0.717, 1.165) is 31.5 Å². The minimum absolute atomic E-state index is 0.457. The van der Waals surface area contributed by atoms with Crippen molar-refractivity contribution in [2.45, 2.75) is 6.54 Å². The topological polar surface area (TPSA) is 43.1 Å². The maximum atomic E-state index is 6.37. The first-order valence-electron chi connectivity index (χ1n) is 6.34. The predicted molar refractivity (Wildman–Crippen MR) is 95.4 cm³/mol. The molecule has 3 heterocycles. The van der Waals surface area contributed by atoms with Crippen LogP contribution in [-0.2, 0) is 6.54 Å². The number of hydrogen-bond donors (Lipinski definition) is 0. The average Bonchev–Trinajstić information content (AvgIpc) is 3.00. The van der Waals surface area contributed by atoms with E-state index in [-0.39, 0.29) is 0 Å². The molecular weight excluding hydrogens is 452 g/mol. The Bertz CT molecular complexity index is 915. The first-order chi connectivity index (χ1) is 10.6. The second kappa shape index (κ2) is 5.56. The number of halogens is 3. The number of aliphatic imine (C=N–C) groups is 1. The van der Waals surface area contributed by atoms with Crippen molar-refractivity contribution in [2.24, 2.45) is 4.99 Å². The number of thiophene rings is 1. The number of rotatable bonds is 1. The maximum Gasteiger partial charge on any atom is 0.205 e. The molecular formula is C14H7Br2ClN4S. The van der Waals surface area contributed by atoms with Crippen LogP contribution in [0, 0.1) is 0 Å². The molecule has 0 aliphatic carbocycles. The summed E-state index contributed by atoms with van der Waals surface area (Å²) in [4.78, 5) is 4.74. The van der Waals surface area contributed by atoms with E-state index in [1.165, 1.54) is 0 Å². The lowest BCUT2D eigenvalue weighted by Gasteiger charge is -2.08. The van der Waals surface area contributed by atoms with Crippen LogP contribution >= 0.6 is 54.8 Å². The lowest BCUT2D eigenvalue weighted by Crippen LogP contribution is -2.05. The van der Waals surface area contributed by atoms with E-state index in [1.807, 2.05) is 28.8 Å². The molecule has 0 bridgehead atoms. The highest BCUT2D eigenvalue weighted by molar-refractivity contribution is 9.11. The van der Waals surface area contributed by atoms with Gasteiger partial charge in [0.1, 0.15) is 11.5 Å². The Morgan fingerprint density at radius 2 is 1.95 bits per heavy atom. The van der Waals surface area contributed by atoms with Gasteiger partial charge in [0.05, 0.1) is 9.50 Å². The molecule has 0 unspecified atom stereocenters. The van der Waals surface area contributed by atoms with Gasteiger partial charge < -0.3 is 0 Å². The van der Waals surface area contributed by atoms with Crippen LogP contribution in [0.25, 0.3) is 5.00 Å². The molecule has 0 N–H and O–H groups in total. The van der Waals surface area contributed by atoms with E-state index in [0.29, 0.717) is 16.3 Å². The van der Waals surface area contributed by atoms with Crippen molar-refractivity contribution in [3.05, 3.63) is 60.8 Å². The van der Waals surface area contributed by atoms with Gasteiger partial charge in [0, 0.05) is 16.1 Å². The van der Waals surface area contributed by atoms with Crippen LogP contribution in [0.2, 0.25) is 5.02 Å². The summed E-state index contributed by atoms with van der Waals surface area (Å²) in [5, 5.41) is 9.99. The molecule has 22 heavy (non-hydrogen) atoms. The van der Waals surface area contributed by atoms with Crippen molar-refractivity contribution in [2.75, 3.05) is 0 Å². The zero-order chi connectivity index (χ0) is 15.3. The summed E-state index contributed by atoms with van der Waals surface area (Å²) in [5.74, 6) is 0.796. The van der Waals surface area contributed by atoms with Gasteiger partial charge in [-0.3, -0.25) is 9.56 Å². The van der Waals surface area contributed by atoms with Crippen LogP contribution < -0.4 is 0 Å². The Labute approximate surface area is 152 Å². The predicted octanol–water partition coefficient (Wildman–Crippen LogP) is 4.86. The highest BCUT2D eigenvalue weighted by Gasteiger charge is 2.25. The van der Waals surface area contributed by atoms with E-state index in [2.05, 4.69) is 48.1 Å². The van der Waals surface area contributed by atoms with Gasteiger partial charge >= 0.3 is 0 Å². The third kappa shape index (κ3) is 2.27. The summed E-state index contributed by atoms with van der Waals surface area (Å²) in [5.41, 5.74) is 2.81. The van der Waals surface area contributed by atoms with Crippen molar-refractivity contribution in [3.63, 3.8) is 0 Å². The minimum atomic E-state index is 0.457. The van der Waals surface area contributed by atoms with Crippen molar-refractivity contribution < 1.29 is 0 Å². The quantitative estimate of drug-likeness (QED) is 0.523. The molecule has 0 saturated heterocycles. The van der Waals surface area contributed by atoms with Crippen LogP contribution in [0.1, 0.15) is 17.0 Å². The number of benzene rings is 1. The van der Waals surface area contributed by atoms with Gasteiger partial charge in [-0.15, -0.1) is 21.5 Å². The third-order valence-electron chi connectivity index (χ3n) is 3.34. The van der Waals surface area contributed by atoms with Crippen molar-refractivity contribution in [1.29, 1.82) is 0 Å². The van der Waals surface area contributed by atoms with Gasteiger partial charge in [-0.05, 0) is 44.0 Å². The molecule has 4 nitrogen and oxygen atoms in total. The van der Waals surface area contributed by atoms with E-state index < -0.39 is 0 Å². The number of aromatic nitrogens is 3. The average molecular weight is 459 g/mol. The largest absolute Gasteiger partial charge is 0.276 e. The fourth-order valence-electron chi connectivity index (χ4n) is 2.40. The fraction of sp³-hybridized carbons (Fsp3) is 0.0714. The lowest BCUT2D eigenvalue weighted by molar-refractivity contribution is 0.873. The highest BCUT2D eigenvalue weighted by atomic mass is 79.9. The maximum absolute atomic E-state index is 6.37. The number of fused-ring (bicyclic) bond motifs is 3. The molecule has 0 saturated carbocycles. The molecule has 0 fully saturated rings. The third-order valence-corrected chi connectivity index (χ3v) is 5.80. The summed E-state index contributed by atoms with van der Waals surface area (Å²) in [7, 11) is 0. The Kier molecular flexibility index (Phi) is 3.68. The molecule has 4 rings (SSSR count). The summed E-state index contributed by atoms with van der Waals surface area (Å²) in [6, 6.07) is 9.80. The normalized spacial score (nSPS) is 13.3. The van der Waals surface area contributed by atoms with Gasteiger partial charge in [0.15, 0.2) is 5.82 Å². The number of nitrogens with zero attached hydrogens (tertiary/aromatic N) is 4. The van der Waals surface area contributed by atoms with Crippen LogP contribution in [0.4, 0.5) is 0 Å². The zero-order valence-corrected chi connectivity index (χ0v) is 15.7. The smallest absolute Gasteiger partial charge is 0.205 e. The standard InChI is InChI=1S/C14H7Br2ClN4S/c15-10-5-8-12(7-3-1-2-4-9(7)17)18-6-11-19-20-14(16)21(11)13(8)22-10/h1-5H,6H2. The molecule has 8 heteroatoms. The molecule has 0 amide bonds. The Morgan fingerprint density at radius 3 is 2.77 bits per heavy atom. The SMILES string of the molecule is Clc1ccccc1C1=NCc2nnc(Br)n2-c2sc(Br)cc21. The second-order valence-electron chi connectivity index (χ2n) is 4.63. The van der Waals surface area contributed by atoms with Gasteiger partial charge in [-0.2, -0.15) is 0 Å². The first kappa shape index (κ1) is 14.6. The molecule has 0 radical (unpaired) electrons.